The maximum atomic E-state index is 12.5. The van der Waals surface area contributed by atoms with Crippen molar-refractivity contribution in [2.24, 2.45) is 0 Å². The Balaban J connectivity index is 2.07. The van der Waals surface area contributed by atoms with Crippen molar-refractivity contribution in [2.45, 2.75) is 38.0 Å². The summed E-state index contributed by atoms with van der Waals surface area (Å²) in [6, 6.07) is 2.92. The molecule has 21 heavy (non-hydrogen) atoms. The van der Waals surface area contributed by atoms with Gasteiger partial charge in [-0.2, -0.15) is 13.2 Å². The van der Waals surface area contributed by atoms with Gasteiger partial charge >= 0.3 is 6.18 Å². The number of alkyl halides is 3. The third kappa shape index (κ3) is 3.78. The van der Waals surface area contributed by atoms with E-state index in [9.17, 15) is 18.0 Å². The fraction of sp³-hybridized carbons (Fsp3) is 0.643. The summed E-state index contributed by atoms with van der Waals surface area (Å²) in [7, 11) is 1.88. The summed E-state index contributed by atoms with van der Waals surface area (Å²) < 4.78 is 38.5. The van der Waals surface area contributed by atoms with Crippen LogP contribution in [-0.2, 0) is 6.54 Å². The number of amides is 1. The Kier molecular flexibility index (Phi) is 4.32. The first-order valence-electron chi connectivity index (χ1n) is 6.94. The van der Waals surface area contributed by atoms with Gasteiger partial charge < -0.3 is 14.8 Å². The summed E-state index contributed by atoms with van der Waals surface area (Å²) in [5, 5.41) is 3.23. The van der Waals surface area contributed by atoms with E-state index in [1.807, 2.05) is 7.05 Å². The second-order valence-corrected chi connectivity index (χ2v) is 5.74. The van der Waals surface area contributed by atoms with E-state index in [0.29, 0.717) is 13.1 Å². The fourth-order valence-electron chi connectivity index (χ4n) is 2.55. The van der Waals surface area contributed by atoms with Gasteiger partial charge in [-0.15, -0.1) is 0 Å². The molecule has 0 spiro atoms. The quantitative estimate of drug-likeness (QED) is 0.930. The van der Waals surface area contributed by atoms with Crippen LogP contribution in [0.25, 0.3) is 0 Å². The summed E-state index contributed by atoms with van der Waals surface area (Å²) in [5.41, 5.74) is 0.0884. The summed E-state index contributed by atoms with van der Waals surface area (Å²) in [6.07, 6.45) is -1.46. The predicted octanol–water partition coefficient (Wildman–Crippen LogP) is 2.26. The predicted molar refractivity (Wildman–Crippen MR) is 73.1 cm³/mol. The van der Waals surface area contributed by atoms with E-state index in [1.54, 1.807) is 4.90 Å². The summed E-state index contributed by atoms with van der Waals surface area (Å²) in [4.78, 5) is 14.0. The van der Waals surface area contributed by atoms with E-state index in [0.717, 1.165) is 17.4 Å². The van der Waals surface area contributed by atoms with Crippen LogP contribution in [0.3, 0.4) is 0 Å². The highest BCUT2D eigenvalue weighted by Crippen LogP contribution is 2.24. The molecule has 0 unspecified atom stereocenters. The molecular weight excluding hydrogens is 283 g/mol. The first kappa shape index (κ1) is 15.9. The number of aromatic nitrogens is 1. The van der Waals surface area contributed by atoms with Crippen LogP contribution in [0.5, 0.6) is 0 Å². The van der Waals surface area contributed by atoms with E-state index in [-0.39, 0.29) is 17.1 Å². The van der Waals surface area contributed by atoms with Crippen molar-refractivity contribution in [1.82, 2.24) is 14.8 Å². The molecule has 1 aromatic heterocycles. The average molecular weight is 303 g/mol. The van der Waals surface area contributed by atoms with E-state index >= 15 is 0 Å². The molecule has 0 radical (unpaired) electrons. The van der Waals surface area contributed by atoms with Crippen molar-refractivity contribution in [3.8, 4) is 0 Å². The van der Waals surface area contributed by atoms with Crippen LogP contribution in [0.2, 0.25) is 0 Å². The Hall–Kier alpha value is -1.50. The van der Waals surface area contributed by atoms with E-state index in [1.165, 1.54) is 18.3 Å². The van der Waals surface area contributed by atoms with Crippen LogP contribution in [0.15, 0.2) is 18.3 Å². The van der Waals surface area contributed by atoms with Gasteiger partial charge in [0.15, 0.2) is 0 Å². The molecule has 0 saturated carbocycles. The Bertz CT molecular complexity index is 502. The lowest BCUT2D eigenvalue weighted by atomic mass is 9.90. The van der Waals surface area contributed by atoms with Gasteiger partial charge in [0.05, 0.1) is 0 Å². The second-order valence-electron chi connectivity index (χ2n) is 5.74. The van der Waals surface area contributed by atoms with Gasteiger partial charge in [-0.05, 0) is 38.9 Å². The SMILES string of the molecule is CNC1(C)CCN(C(=O)c2cccn2CC(F)(F)F)CC1. The second kappa shape index (κ2) is 5.71. The van der Waals surface area contributed by atoms with Crippen LogP contribution in [0, 0.1) is 0 Å². The molecule has 1 fully saturated rings. The minimum atomic E-state index is -4.33. The van der Waals surface area contributed by atoms with Crippen molar-refractivity contribution in [1.29, 1.82) is 0 Å². The molecule has 2 heterocycles. The van der Waals surface area contributed by atoms with Crippen LogP contribution in [0.1, 0.15) is 30.3 Å². The van der Waals surface area contributed by atoms with E-state index in [2.05, 4.69) is 12.2 Å². The third-order valence-electron chi connectivity index (χ3n) is 4.16. The number of piperidine rings is 1. The number of carbonyl (C=O) groups excluding carboxylic acids is 1. The van der Waals surface area contributed by atoms with Gasteiger partial charge in [-0.3, -0.25) is 4.79 Å². The molecule has 7 heteroatoms. The van der Waals surface area contributed by atoms with Crippen molar-refractivity contribution < 1.29 is 18.0 Å². The summed E-state index contributed by atoms with van der Waals surface area (Å²) in [5.74, 6) is -0.331. The minimum absolute atomic E-state index is 0.00918. The molecule has 1 aromatic rings. The van der Waals surface area contributed by atoms with Gasteiger partial charge in [0.2, 0.25) is 0 Å². The van der Waals surface area contributed by atoms with Crippen molar-refractivity contribution in [3.63, 3.8) is 0 Å². The lowest BCUT2D eigenvalue weighted by Crippen LogP contribution is -2.51. The number of carbonyl (C=O) groups is 1. The summed E-state index contributed by atoms with van der Waals surface area (Å²) in [6.45, 7) is 2.05. The zero-order chi connectivity index (χ0) is 15.7. The monoisotopic (exact) mass is 303 g/mol. The molecule has 2 rings (SSSR count). The number of nitrogens with zero attached hydrogens (tertiary/aromatic N) is 2. The molecule has 1 aliphatic rings. The molecule has 1 N–H and O–H groups in total. The lowest BCUT2D eigenvalue weighted by Gasteiger charge is -2.39. The zero-order valence-electron chi connectivity index (χ0n) is 12.2. The minimum Gasteiger partial charge on any atom is -0.337 e. The number of likely N-dealkylation sites (tertiary alicyclic amines) is 1. The number of hydrogen-bond acceptors (Lipinski definition) is 2. The molecule has 4 nitrogen and oxygen atoms in total. The van der Waals surface area contributed by atoms with Gasteiger partial charge in [0.25, 0.3) is 5.91 Å². The topological polar surface area (TPSA) is 37.3 Å². The molecule has 1 aliphatic heterocycles. The molecule has 118 valence electrons. The van der Waals surface area contributed by atoms with Gasteiger partial charge in [-0.1, -0.05) is 0 Å². The third-order valence-corrected chi connectivity index (χ3v) is 4.16. The summed E-state index contributed by atoms with van der Waals surface area (Å²) >= 11 is 0. The first-order valence-corrected chi connectivity index (χ1v) is 6.94. The standard InChI is InChI=1S/C14H20F3N3O/c1-13(18-2)5-8-19(9-6-13)12(21)11-4-3-7-20(11)10-14(15,16)17/h3-4,7,18H,5-6,8-10H2,1-2H3. The fourth-order valence-corrected chi connectivity index (χ4v) is 2.55. The molecular formula is C14H20F3N3O. The maximum absolute atomic E-state index is 12.5. The molecule has 1 amide bonds. The molecule has 0 bridgehead atoms. The van der Waals surface area contributed by atoms with Crippen molar-refractivity contribution >= 4 is 5.91 Å². The average Bonchev–Trinajstić information content (AvgIpc) is 2.84. The highest BCUT2D eigenvalue weighted by molar-refractivity contribution is 5.92. The first-order chi connectivity index (χ1) is 9.74. The van der Waals surface area contributed by atoms with Gasteiger partial charge in [0.1, 0.15) is 12.2 Å². The Morgan fingerprint density at radius 3 is 2.52 bits per heavy atom. The van der Waals surface area contributed by atoms with Crippen molar-refractivity contribution in [2.75, 3.05) is 20.1 Å². The largest absolute Gasteiger partial charge is 0.406 e. The maximum Gasteiger partial charge on any atom is 0.406 e. The van der Waals surface area contributed by atoms with Crippen molar-refractivity contribution in [3.05, 3.63) is 24.0 Å². The van der Waals surface area contributed by atoms with E-state index < -0.39 is 12.7 Å². The van der Waals surface area contributed by atoms with Crippen LogP contribution in [-0.4, -0.2) is 47.2 Å². The number of rotatable bonds is 3. The Morgan fingerprint density at radius 2 is 2.00 bits per heavy atom. The number of nitrogens with one attached hydrogen (secondary N) is 1. The van der Waals surface area contributed by atoms with Gasteiger partial charge in [-0.25, -0.2) is 0 Å². The molecule has 0 atom stereocenters. The molecule has 1 saturated heterocycles. The Morgan fingerprint density at radius 1 is 1.38 bits per heavy atom. The normalized spacial score (nSPS) is 18.8. The number of halogens is 3. The molecule has 0 aliphatic carbocycles. The van der Waals surface area contributed by atoms with Gasteiger partial charge in [0, 0.05) is 24.8 Å². The highest BCUT2D eigenvalue weighted by Gasteiger charge is 2.33. The Labute approximate surface area is 121 Å². The number of hydrogen-bond donors (Lipinski definition) is 1. The molecule has 0 aromatic carbocycles. The van der Waals surface area contributed by atoms with Crippen LogP contribution < -0.4 is 5.32 Å². The zero-order valence-corrected chi connectivity index (χ0v) is 12.2. The van der Waals surface area contributed by atoms with Crippen LogP contribution >= 0.6 is 0 Å². The lowest BCUT2D eigenvalue weighted by molar-refractivity contribution is -0.140. The highest BCUT2D eigenvalue weighted by atomic mass is 19.4. The van der Waals surface area contributed by atoms with Crippen LogP contribution in [0.4, 0.5) is 13.2 Å². The van der Waals surface area contributed by atoms with E-state index in [4.69, 9.17) is 0 Å². The smallest absolute Gasteiger partial charge is 0.337 e.